The normalized spacial score (nSPS) is 10.1. The van der Waals surface area contributed by atoms with Gasteiger partial charge in [0.2, 0.25) is 0 Å². The SMILES string of the molecule is Nc1cnc(C(=O)Nc2ccc(F)cc2F)cn1. The minimum absolute atomic E-state index is 0.0204. The third-order valence-electron chi connectivity index (χ3n) is 2.08. The van der Waals surface area contributed by atoms with Gasteiger partial charge in [-0.25, -0.2) is 18.7 Å². The molecule has 92 valence electrons. The van der Waals surface area contributed by atoms with Gasteiger partial charge < -0.3 is 11.1 Å². The first-order chi connectivity index (χ1) is 8.56. The van der Waals surface area contributed by atoms with E-state index < -0.39 is 17.5 Å². The first-order valence-electron chi connectivity index (χ1n) is 4.90. The summed E-state index contributed by atoms with van der Waals surface area (Å²) in [5.74, 6) is -2.09. The first kappa shape index (κ1) is 11.9. The predicted molar refractivity (Wildman–Crippen MR) is 60.8 cm³/mol. The zero-order chi connectivity index (χ0) is 13.1. The zero-order valence-electron chi connectivity index (χ0n) is 9.02. The topological polar surface area (TPSA) is 80.9 Å². The van der Waals surface area contributed by atoms with Crippen LogP contribution in [0.2, 0.25) is 0 Å². The van der Waals surface area contributed by atoms with Crippen LogP contribution in [0.25, 0.3) is 0 Å². The van der Waals surface area contributed by atoms with Crippen molar-refractivity contribution in [2.75, 3.05) is 11.1 Å². The maximum Gasteiger partial charge on any atom is 0.275 e. The van der Waals surface area contributed by atoms with Crippen molar-refractivity contribution >= 4 is 17.4 Å². The van der Waals surface area contributed by atoms with Crippen LogP contribution in [0.3, 0.4) is 0 Å². The number of nitrogens with two attached hydrogens (primary N) is 1. The minimum Gasteiger partial charge on any atom is -0.382 e. The standard InChI is InChI=1S/C11H8F2N4O/c12-6-1-2-8(7(13)3-6)17-11(18)9-4-16-10(14)5-15-9/h1-5H,(H2,14,16)(H,17,18). The van der Waals surface area contributed by atoms with Crippen LogP contribution >= 0.6 is 0 Å². The van der Waals surface area contributed by atoms with E-state index >= 15 is 0 Å². The molecule has 2 rings (SSSR count). The van der Waals surface area contributed by atoms with Gasteiger partial charge in [-0.3, -0.25) is 4.79 Å². The Morgan fingerprint density at radius 2 is 2.00 bits per heavy atom. The summed E-state index contributed by atoms with van der Waals surface area (Å²) < 4.78 is 25.9. The van der Waals surface area contributed by atoms with E-state index in [9.17, 15) is 13.6 Å². The number of nitrogen functional groups attached to an aromatic ring is 1. The number of anilines is 2. The molecular formula is C11H8F2N4O. The Bertz CT molecular complexity index is 586. The number of nitrogens with zero attached hydrogens (tertiary/aromatic N) is 2. The maximum atomic E-state index is 13.3. The summed E-state index contributed by atoms with van der Waals surface area (Å²) in [4.78, 5) is 19.1. The third kappa shape index (κ3) is 2.57. The van der Waals surface area contributed by atoms with Crippen molar-refractivity contribution < 1.29 is 13.6 Å². The molecule has 1 aromatic carbocycles. The smallest absolute Gasteiger partial charge is 0.275 e. The van der Waals surface area contributed by atoms with E-state index in [-0.39, 0.29) is 17.2 Å². The van der Waals surface area contributed by atoms with Crippen molar-refractivity contribution in [3.05, 3.63) is 47.9 Å². The van der Waals surface area contributed by atoms with Crippen LogP contribution in [0, 0.1) is 11.6 Å². The Hall–Kier alpha value is -2.57. The van der Waals surface area contributed by atoms with E-state index in [1.807, 2.05) is 0 Å². The molecule has 0 saturated heterocycles. The number of nitrogens with one attached hydrogen (secondary N) is 1. The summed E-state index contributed by atoms with van der Waals surface area (Å²) in [6, 6.07) is 2.82. The first-order valence-corrected chi connectivity index (χ1v) is 4.90. The van der Waals surface area contributed by atoms with Gasteiger partial charge in [-0.1, -0.05) is 0 Å². The van der Waals surface area contributed by atoms with Crippen LogP contribution in [0.4, 0.5) is 20.3 Å². The van der Waals surface area contributed by atoms with E-state index in [1.165, 1.54) is 6.20 Å². The average Bonchev–Trinajstić information content (AvgIpc) is 2.33. The molecule has 0 aliphatic carbocycles. The molecule has 0 aliphatic heterocycles. The third-order valence-corrected chi connectivity index (χ3v) is 2.08. The molecule has 0 radical (unpaired) electrons. The largest absolute Gasteiger partial charge is 0.382 e. The van der Waals surface area contributed by atoms with Gasteiger partial charge in [-0.05, 0) is 12.1 Å². The second kappa shape index (κ2) is 4.74. The van der Waals surface area contributed by atoms with Crippen LogP contribution in [0.1, 0.15) is 10.5 Å². The molecular weight excluding hydrogens is 242 g/mol. The lowest BCUT2D eigenvalue weighted by atomic mass is 10.3. The molecule has 1 heterocycles. The molecule has 0 aliphatic rings. The molecule has 0 spiro atoms. The van der Waals surface area contributed by atoms with Crippen LogP contribution < -0.4 is 11.1 Å². The highest BCUT2D eigenvalue weighted by atomic mass is 19.1. The van der Waals surface area contributed by atoms with Crippen molar-refractivity contribution in [2.24, 2.45) is 0 Å². The summed E-state index contributed by atoms with van der Waals surface area (Å²) in [6.45, 7) is 0. The highest BCUT2D eigenvalue weighted by Crippen LogP contribution is 2.15. The molecule has 18 heavy (non-hydrogen) atoms. The number of hydrogen-bond donors (Lipinski definition) is 2. The Morgan fingerprint density at radius 1 is 1.22 bits per heavy atom. The quantitative estimate of drug-likeness (QED) is 0.848. The van der Waals surface area contributed by atoms with Gasteiger partial charge in [0.15, 0.2) is 0 Å². The van der Waals surface area contributed by atoms with Crippen molar-refractivity contribution in [2.45, 2.75) is 0 Å². The van der Waals surface area contributed by atoms with Gasteiger partial charge in [-0.2, -0.15) is 0 Å². The van der Waals surface area contributed by atoms with Crippen LogP contribution in [-0.4, -0.2) is 15.9 Å². The maximum absolute atomic E-state index is 13.3. The molecule has 0 saturated carbocycles. The van der Waals surface area contributed by atoms with Crippen LogP contribution in [0.15, 0.2) is 30.6 Å². The molecule has 2 aromatic rings. The lowest BCUT2D eigenvalue weighted by Crippen LogP contribution is -2.15. The van der Waals surface area contributed by atoms with Gasteiger partial charge in [0.25, 0.3) is 5.91 Å². The monoisotopic (exact) mass is 250 g/mol. The number of amides is 1. The molecule has 0 atom stereocenters. The molecule has 7 heteroatoms. The van der Waals surface area contributed by atoms with Gasteiger partial charge in [0, 0.05) is 6.07 Å². The second-order valence-electron chi connectivity index (χ2n) is 3.40. The van der Waals surface area contributed by atoms with Crippen molar-refractivity contribution in [1.29, 1.82) is 0 Å². The Morgan fingerprint density at radius 3 is 2.61 bits per heavy atom. The van der Waals surface area contributed by atoms with Crippen molar-refractivity contribution in [3.63, 3.8) is 0 Å². The lowest BCUT2D eigenvalue weighted by molar-refractivity contribution is 0.102. The number of carbonyl (C=O) groups excluding carboxylic acids is 1. The van der Waals surface area contributed by atoms with Gasteiger partial charge >= 0.3 is 0 Å². The number of aromatic nitrogens is 2. The summed E-state index contributed by atoms with van der Waals surface area (Å²) in [6.07, 6.45) is 2.36. The van der Waals surface area contributed by atoms with E-state index in [0.717, 1.165) is 18.3 Å². The van der Waals surface area contributed by atoms with Crippen molar-refractivity contribution in [1.82, 2.24) is 9.97 Å². The van der Waals surface area contributed by atoms with E-state index in [2.05, 4.69) is 15.3 Å². The Balaban J connectivity index is 2.18. The molecule has 0 unspecified atom stereocenters. The Labute approximate surface area is 101 Å². The fourth-order valence-electron chi connectivity index (χ4n) is 1.23. The molecule has 1 aromatic heterocycles. The summed E-state index contributed by atoms with van der Waals surface area (Å²) in [5, 5.41) is 2.25. The van der Waals surface area contributed by atoms with E-state index in [1.54, 1.807) is 0 Å². The summed E-state index contributed by atoms with van der Waals surface area (Å²) in [5.41, 5.74) is 5.15. The predicted octanol–water partition coefficient (Wildman–Crippen LogP) is 1.59. The van der Waals surface area contributed by atoms with E-state index in [4.69, 9.17) is 5.73 Å². The van der Waals surface area contributed by atoms with Gasteiger partial charge in [0.1, 0.15) is 23.1 Å². The Kier molecular flexibility index (Phi) is 3.13. The number of benzene rings is 1. The summed E-state index contributed by atoms with van der Waals surface area (Å²) >= 11 is 0. The molecule has 5 nitrogen and oxygen atoms in total. The van der Waals surface area contributed by atoms with E-state index in [0.29, 0.717) is 6.07 Å². The van der Waals surface area contributed by atoms with Gasteiger partial charge in [-0.15, -0.1) is 0 Å². The fraction of sp³-hybridized carbons (Fsp3) is 0. The lowest BCUT2D eigenvalue weighted by Gasteiger charge is -2.05. The molecule has 0 fully saturated rings. The fourth-order valence-corrected chi connectivity index (χ4v) is 1.23. The number of rotatable bonds is 2. The number of halogens is 2. The highest BCUT2D eigenvalue weighted by molar-refractivity contribution is 6.02. The summed E-state index contributed by atoms with van der Waals surface area (Å²) in [7, 11) is 0. The highest BCUT2D eigenvalue weighted by Gasteiger charge is 2.11. The molecule has 3 N–H and O–H groups in total. The number of hydrogen-bond acceptors (Lipinski definition) is 4. The number of carbonyl (C=O) groups is 1. The zero-order valence-corrected chi connectivity index (χ0v) is 9.02. The molecule has 1 amide bonds. The second-order valence-corrected chi connectivity index (χ2v) is 3.40. The van der Waals surface area contributed by atoms with Crippen LogP contribution in [-0.2, 0) is 0 Å². The van der Waals surface area contributed by atoms with Gasteiger partial charge in [0.05, 0.1) is 18.1 Å². The van der Waals surface area contributed by atoms with Crippen molar-refractivity contribution in [3.8, 4) is 0 Å². The van der Waals surface area contributed by atoms with Crippen LogP contribution in [0.5, 0.6) is 0 Å². The molecule has 0 bridgehead atoms. The minimum atomic E-state index is -0.869. The average molecular weight is 250 g/mol.